The number of allylic oxidation sites excluding steroid dienone is 4. The summed E-state index contributed by atoms with van der Waals surface area (Å²) in [6, 6.07) is 0. The molecule has 0 aromatic heterocycles. The Morgan fingerprint density at radius 1 is 0.688 bits per heavy atom. The van der Waals surface area contributed by atoms with E-state index >= 15 is 0 Å². The summed E-state index contributed by atoms with van der Waals surface area (Å²) in [6.07, 6.45) is 15.9. The van der Waals surface area contributed by atoms with Crippen molar-refractivity contribution in [2.45, 2.75) is 108 Å². The third-order valence-corrected chi connectivity index (χ3v) is 4.85. The van der Waals surface area contributed by atoms with Crippen LogP contribution in [-0.4, -0.2) is 79.3 Å². The molecule has 0 aliphatic carbocycles. The maximum atomic E-state index is 10.3. The van der Waals surface area contributed by atoms with Crippen LogP contribution in [0.4, 0.5) is 0 Å². The first-order valence-electron chi connectivity index (χ1n) is 11.8. The van der Waals surface area contributed by atoms with E-state index in [0.717, 1.165) is 25.7 Å². The van der Waals surface area contributed by atoms with Crippen molar-refractivity contribution >= 4 is 5.97 Å². The maximum absolute atomic E-state index is 10.3. The first kappa shape index (κ1) is 32.9. The van der Waals surface area contributed by atoms with E-state index < -0.39 is 43.6 Å². The molecule has 0 radical (unpaired) electrons. The molecule has 0 heterocycles. The molecule has 190 valence electrons. The molecule has 0 aliphatic heterocycles. The number of hydrogen-bond acceptors (Lipinski definition) is 7. The lowest BCUT2D eigenvalue weighted by molar-refractivity contribution is -0.137. The Hall–Kier alpha value is -1.29. The minimum atomic E-state index is -1.67. The van der Waals surface area contributed by atoms with Crippen LogP contribution in [0.5, 0.6) is 0 Å². The molecule has 4 unspecified atom stereocenters. The molecular formula is C24H46O8. The molecule has 8 nitrogen and oxygen atoms in total. The second-order valence-corrected chi connectivity index (χ2v) is 7.86. The second-order valence-electron chi connectivity index (χ2n) is 7.86. The summed E-state index contributed by atoms with van der Waals surface area (Å²) in [5.41, 5.74) is 0. The van der Waals surface area contributed by atoms with Gasteiger partial charge in [-0.25, -0.2) is 0 Å². The first-order valence-corrected chi connectivity index (χ1v) is 11.8. The average molecular weight is 463 g/mol. The van der Waals surface area contributed by atoms with E-state index in [0.29, 0.717) is 6.42 Å². The summed E-state index contributed by atoms with van der Waals surface area (Å²) in [5, 5.41) is 60.7. The number of carbonyl (C=O) groups is 1. The second kappa shape index (κ2) is 24.4. The Labute approximate surface area is 192 Å². The van der Waals surface area contributed by atoms with Crippen LogP contribution >= 0.6 is 0 Å². The van der Waals surface area contributed by atoms with Gasteiger partial charge in [-0.2, -0.15) is 0 Å². The molecule has 0 spiro atoms. The van der Waals surface area contributed by atoms with Crippen LogP contribution in [0.2, 0.25) is 0 Å². The van der Waals surface area contributed by atoms with Gasteiger partial charge >= 0.3 is 5.97 Å². The van der Waals surface area contributed by atoms with Gasteiger partial charge in [-0.15, -0.1) is 0 Å². The van der Waals surface area contributed by atoms with Gasteiger partial charge in [-0.05, 0) is 38.5 Å². The lowest BCUT2D eigenvalue weighted by Gasteiger charge is -2.24. The zero-order valence-corrected chi connectivity index (χ0v) is 19.6. The average Bonchev–Trinajstić information content (AvgIpc) is 2.79. The largest absolute Gasteiger partial charge is 0.481 e. The first-order chi connectivity index (χ1) is 15.3. The fourth-order valence-electron chi connectivity index (χ4n) is 2.76. The van der Waals surface area contributed by atoms with Crippen molar-refractivity contribution in [3.05, 3.63) is 24.3 Å². The third-order valence-electron chi connectivity index (χ3n) is 4.85. The molecule has 0 saturated carbocycles. The Bertz CT molecular complexity index is 453. The van der Waals surface area contributed by atoms with Gasteiger partial charge < -0.3 is 35.7 Å². The number of hydrogen-bond donors (Lipinski definition) is 7. The molecule has 0 amide bonds. The zero-order valence-electron chi connectivity index (χ0n) is 19.6. The van der Waals surface area contributed by atoms with E-state index in [1.54, 1.807) is 0 Å². The molecule has 0 saturated heterocycles. The molecule has 0 rings (SSSR count). The molecule has 8 heteroatoms. The highest BCUT2D eigenvalue weighted by Crippen LogP contribution is 2.08. The minimum absolute atomic E-state index is 0.324. The lowest BCUT2D eigenvalue weighted by atomic mass is 10.0. The molecule has 0 bridgehead atoms. The van der Waals surface area contributed by atoms with Crippen molar-refractivity contribution in [2.75, 3.05) is 13.2 Å². The predicted octanol–water partition coefficient (Wildman–Crippen LogP) is 2.30. The number of aliphatic hydroxyl groups excluding tert-OH is 6. The molecule has 0 fully saturated rings. The van der Waals surface area contributed by atoms with Crippen molar-refractivity contribution in [1.29, 1.82) is 0 Å². The van der Waals surface area contributed by atoms with Gasteiger partial charge in [0.1, 0.15) is 24.4 Å². The van der Waals surface area contributed by atoms with E-state index in [-0.39, 0.29) is 0 Å². The quantitative estimate of drug-likeness (QED) is 0.114. The van der Waals surface area contributed by atoms with Crippen molar-refractivity contribution in [3.8, 4) is 0 Å². The number of aliphatic carboxylic acids is 1. The molecule has 7 N–H and O–H groups in total. The summed E-state index contributed by atoms with van der Waals surface area (Å²) >= 11 is 0. The zero-order chi connectivity index (χ0) is 24.6. The fraction of sp³-hybridized carbons (Fsp3) is 0.792. The Morgan fingerprint density at radius 2 is 1.12 bits per heavy atom. The van der Waals surface area contributed by atoms with E-state index in [4.69, 9.17) is 35.7 Å². The van der Waals surface area contributed by atoms with Crippen molar-refractivity contribution in [3.63, 3.8) is 0 Å². The normalized spacial score (nSPS) is 15.3. The SMILES string of the molecule is CCCCC/C=C\C/C=C\CCCCCCCC(=O)O.OCC(O)C(O)C(O)C(O)CO. The highest BCUT2D eigenvalue weighted by Gasteiger charge is 2.29. The van der Waals surface area contributed by atoms with Crippen LogP contribution in [-0.2, 0) is 4.79 Å². The van der Waals surface area contributed by atoms with Crippen LogP contribution in [0.3, 0.4) is 0 Å². The van der Waals surface area contributed by atoms with E-state index in [1.165, 1.54) is 44.9 Å². The summed E-state index contributed by atoms with van der Waals surface area (Å²) in [6.45, 7) is 0.783. The summed E-state index contributed by atoms with van der Waals surface area (Å²) in [7, 11) is 0. The van der Waals surface area contributed by atoms with Crippen LogP contribution in [0.15, 0.2) is 24.3 Å². The predicted molar refractivity (Wildman–Crippen MR) is 125 cm³/mol. The number of unbranched alkanes of at least 4 members (excludes halogenated alkanes) is 8. The molecule has 0 aliphatic rings. The molecule has 4 atom stereocenters. The van der Waals surface area contributed by atoms with Gasteiger partial charge in [0.2, 0.25) is 0 Å². The van der Waals surface area contributed by atoms with Crippen LogP contribution in [0.25, 0.3) is 0 Å². The van der Waals surface area contributed by atoms with Gasteiger partial charge in [0.05, 0.1) is 13.2 Å². The molecular weight excluding hydrogens is 416 g/mol. The van der Waals surface area contributed by atoms with Crippen molar-refractivity contribution in [1.82, 2.24) is 0 Å². The number of carboxylic acid groups (broad SMARTS) is 1. The molecule has 32 heavy (non-hydrogen) atoms. The lowest BCUT2D eigenvalue weighted by Crippen LogP contribution is -2.46. The van der Waals surface area contributed by atoms with E-state index in [9.17, 15) is 4.79 Å². The monoisotopic (exact) mass is 462 g/mol. The van der Waals surface area contributed by atoms with Crippen LogP contribution in [0.1, 0.15) is 84.0 Å². The highest BCUT2D eigenvalue weighted by molar-refractivity contribution is 5.66. The van der Waals surface area contributed by atoms with Crippen molar-refractivity contribution < 1.29 is 40.5 Å². The van der Waals surface area contributed by atoms with Gasteiger partial charge in [0.15, 0.2) is 0 Å². The topological polar surface area (TPSA) is 159 Å². The summed E-state index contributed by atoms with van der Waals surface area (Å²) in [4.78, 5) is 10.3. The Balaban J connectivity index is 0. The summed E-state index contributed by atoms with van der Waals surface area (Å²) in [5.74, 6) is -0.671. The maximum Gasteiger partial charge on any atom is 0.303 e. The van der Waals surface area contributed by atoms with Gasteiger partial charge in [0.25, 0.3) is 0 Å². The summed E-state index contributed by atoms with van der Waals surface area (Å²) < 4.78 is 0. The van der Waals surface area contributed by atoms with Crippen molar-refractivity contribution in [2.24, 2.45) is 0 Å². The molecule has 0 aromatic rings. The molecule has 0 aromatic carbocycles. The van der Waals surface area contributed by atoms with Crippen LogP contribution < -0.4 is 0 Å². The van der Waals surface area contributed by atoms with Gasteiger partial charge in [-0.3, -0.25) is 4.79 Å². The van der Waals surface area contributed by atoms with E-state index in [2.05, 4.69) is 31.2 Å². The Kier molecular flexibility index (Phi) is 25.0. The highest BCUT2D eigenvalue weighted by atomic mass is 16.4. The number of rotatable bonds is 19. The number of aliphatic hydroxyl groups is 6. The van der Waals surface area contributed by atoms with Crippen LogP contribution in [0, 0.1) is 0 Å². The van der Waals surface area contributed by atoms with Gasteiger partial charge in [-0.1, -0.05) is 63.3 Å². The minimum Gasteiger partial charge on any atom is -0.481 e. The smallest absolute Gasteiger partial charge is 0.303 e. The fourth-order valence-corrected chi connectivity index (χ4v) is 2.76. The Morgan fingerprint density at radius 3 is 1.56 bits per heavy atom. The standard InChI is InChI=1S/C18H32O2.C6H14O6/c1-2-3-4-5-6-7-8-9-10-11-12-13-14-15-16-17-18(19)20;7-1-3(9)5(11)6(12)4(10)2-8/h6-7,9-10H,2-5,8,11-17H2,1H3,(H,19,20);3-12H,1-2H2/b7-6-,10-9-;. The number of carboxylic acids is 1. The van der Waals surface area contributed by atoms with E-state index in [1.807, 2.05) is 0 Å². The van der Waals surface area contributed by atoms with Gasteiger partial charge in [0, 0.05) is 6.42 Å². The third kappa shape index (κ3) is 21.9.